The summed E-state index contributed by atoms with van der Waals surface area (Å²) in [5.74, 6) is 0.0755. The van der Waals surface area contributed by atoms with Crippen LogP contribution in [0.1, 0.15) is 18.1 Å². The highest BCUT2D eigenvalue weighted by atomic mass is 35.5. The van der Waals surface area contributed by atoms with Gasteiger partial charge in [0.05, 0.1) is 21.4 Å². The number of amides is 3. The fraction of sp³-hybridized carbons (Fsp3) is 0.179. The van der Waals surface area contributed by atoms with Gasteiger partial charge < -0.3 is 15.5 Å². The molecule has 0 saturated carbocycles. The van der Waals surface area contributed by atoms with Crippen molar-refractivity contribution in [2.45, 2.75) is 20.8 Å². The quantitative estimate of drug-likeness (QED) is 0.268. The molecule has 2 N–H and O–H groups in total. The zero-order valence-electron chi connectivity index (χ0n) is 20.8. The van der Waals surface area contributed by atoms with Gasteiger partial charge in [-0.25, -0.2) is 9.48 Å². The van der Waals surface area contributed by atoms with Gasteiger partial charge in [-0.15, -0.1) is 0 Å². The molecule has 1 heterocycles. The number of benzene rings is 3. The fourth-order valence-electron chi connectivity index (χ4n) is 3.86. The number of hydrogen-bond acceptors (Lipinski definition) is 3. The maximum absolute atomic E-state index is 13.1. The molecule has 0 fully saturated rings. The molecule has 4 rings (SSSR count). The van der Waals surface area contributed by atoms with E-state index >= 15 is 0 Å². The SMILES string of the molecule is CCN(CC(=O)Nc1cc(-c2ccccc2)nn1-c1ccc(Cl)c(Cl)c1)C(=O)Nc1ccc(C)cc1C. The number of nitrogens with zero attached hydrogens (tertiary/aromatic N) is 3. The molecule has 0 aliphatic carbocycles. The van der Waals surface area contributed by atoms with E-state index in [4.69, 9.17) is 23.2 Å². The molecule has 0 spiro atoms. The van der Waals surface area contributed by atoms with E-state index in [1.165, 1.54) is 4.90 Å². The summed E-state index contributed by atoms with van der Waals surface area (Å²) in [7, 11) is 0. The average molecular weight is 536 g/mol. The number of rotatable bonds is 7. The highest BCUT2D eigenvalue weighted by molar-refractivity contribution is 6.42. The Balaban J connectivity index is 1.56. The second-order valence-electron chi connectivity index (χ2n) is 8.60. The lowest BCUT2D eigenvalue weighted by Crippen LogP contribution is -2.40. The van der Waals surface area contributed by atoms with Crippen LogP contribution in [0.5, 0.6) is 0 Å². The number of nitrogens with one attached hydrogen (secondary N) is 2. The zero-order chi connectivity index (χ0) is 26.5. The molecule has 7 nitrogen and oxygen atoms in total. The lowest BCUT2D eigenvalue weighted by molar-refractivity contribution is -0.116. The predicted octanol–water partition coefficient (Wildman–Crippen LogP) is 6.96. The standard InChI is InChI=1S/C28H27Cl2N5O2/c1-4-34(28(37)31-24-13-10-18(2)14-19(24)3)17-27(36)32-26-16-25(20-8-6-5-7-9-20)33-35(26)21-11-12-22(29)23(30)15-21/h5-16H,4,17H2,1-3H3,(H,31,37)(H,32,36). The minimum Gasteiger partial charge on any atom is -0.315 e. The lowest BCUT2D eigenvalue weighted by Gasteiger charge is -2.21. The number of urea groups is 1. The van der Waals surface area contributed by atoms with Crippen molar-refractivity contribution in [2.24, 2.45) is 0 Å². The van der Waals surface area contributed by atoms with Crippen LogP contribution in [0.15, 0.2) is 72.8 Å². The molecule has 0 aliphatic heterocycles. The first-order valence-corrected chi connectivity index (χ1v) is 12.5. The predicted molar refractivity (Wildman–Crippen MR) is 150 cm³/mol. The van der Waals surface area contributed by atoms with Gasteiger partial charge in [-0.1, -0.05) is 71.2 Å². The Morgan fingerprint density at radius 2 is 1.68 bits per heavy atom. The van der Waals surface area contributed by atoms with Gasteiger partial charge in [0.2, 0.25) is 5.91 Å². The lowest BCUT2D eigenvalue weighted by atomic mass is 10.1. The summed E-state index contributed by atoms with van der Waals surface area (Å²) >= 11 is 12.3. The summed E-state index contributed by atoms with van der Waals surface area (Å²) in [5, 5.41) is 11.3. The first kappa shape index (κ1) is 26.3. The summed E-state index contributed by atoms with van der Waals surface area (Å²) in [5.41, 5.74) is 4.96. The molecule has 3 amide bonds. The minimum absolute atomic E-state index is 0.138. The minimum atomic E-state index is -0.363. The Hall–Kier alpha value is -3.81. The molecule has 1 aromatic heterocycles. The van der Waals surface area contributed by atoms with Crippen molar-refractivity contribution in [3.8, 4) is 16.9 Å². The molecule has 37 heavy (non-hydrogen) atoms. The Bertz CT molecular complexity index is 1440. The number of carbonyl (C=O) groups is 2. The van der Waals surface area contributed by atoms with Crippen molar-refractivity contribution in [1.82, 2.24) is 14.7 Å². The largest absolute Gasteiger partial charge is 0.322 e. The first-order chi connectivity index (χ1) is 17.7. The molecule has 0 saturated heterocycles. The Kier molecular flexibility index (Phi) is 8.16. The van der Waals surface area contributed by atoms with E-state index in [2.05, 4.69) is 15.7 Å². The first-order valence-electron chi connectivity index (χ1n) is 11.8. The highest BCUT2D eigenvalue weighted by Crippen LogP contribution is 2.29. The van der Waals surface area contributed by atoms with E-state index in [0.717, 1.165) is 16.7 Å². The number of halogens is 2. The Morgan fingerprint density at radius 3 is 2.35 bits per heavy atom. The summed E-state index contributed by atoms with van der Waals surface area (Å²) in [4.78, 5) is 27.4. The monoisotopic (exact) mass is 535 g/mol. The van der Waals surface area contributed by atoms with Gasteiger partial charge in [0, 0.05) is 23.9 Å². The summed E-state index contributed by atoms with van der Waals surface area (Å²) < 4.78 is 1.59. The van der Waals surface area contributed by atoms with Crippen LogP contribution in [0.4, 0.5) is 16.3 Å². The van der Waals surface area contributed by atoms with Gasteiger partial charge in [-0.3, -0.25) is 4.79 Å². The molecular formula is C28H27Cl2N5O2. The van der Waals surface area contributed by atoms with E-state index < -0.39 is 0 Å². The third-order valence-corrected chi connectivity index (χ3v) is 6.56. The zero-order valence-corrected chi connectivity index (χ0v) is 22.3. The number of hydrogen-bond donors (Lipinski definition) is 2. The van der Waals surface area contributed by atoms with E-state index in [1.807, 2.05) is 69.3 Å². The second-order valence-corrected chi connectivity index (χ2v) is 9.42. The van der Waals surface area contributed by atoms with Crippen LogP contribution in [0.3, 0.4) is 0 Å². The molecule has 0 radical (unpaired) electrons. The number of aromatic nitrogens is 2. The fourth-order valence-corrected chi connectivity index (χ4v) is 4.16. The van der Waals surface area contributed by atoms with E-state index in [1.54, 1.807) is 28.9 Å². The topological polar surface area (TPSA) is 79.3 Å². The maximum atomic E-state index is 13.1. The second kappa shape index (κ2) is 11.5. The summed E-state index contributed by atoms with van der Waals surface area (Å²) in [6.45, 7) is 5.96. The van der Waals surface area contributed by atoms with Crippen molar-refractivity contribution >= 4 is 46.6 Å². The van der Waals surface area contributed by atoms with Crippen LogP contribution in [0.25, 0.3) is 16.9 Å². The third-order valence-electron chi connectivity index (χ3n) is 5.82. The van der Waals surface area contributed by atoms with Gasteiger partial charge in [0.25, 0.3) is 0 Å². The number of likely N-dealkylation sites (N-methyl/N-ethyl adjacent to an activating group) is 1. The van der Waals surface area contributed by atoms with Crippen molar-refractivity contribution in [1.29, 1.82) is 0 Å². The normalized spacial score (nSPS) is 10.7. The molecular weight excluding hydrogens is 509 g/mol. The van der Waals surface area contributed by atoms with Crippen molar-refractivity contribution in [2.75, 3.05) is 23.7 Å². The molecule has 0 bridgehead atoms. The number of anilines is 2. The van der Waals surface area contributed by atoms with E-state index in [9.17, 15) is 9.59 Å². The smallest absolute Gasteiger partial charge is 0.315 e. The van der Waals surface area contributed by atoms with Crippen molar-refractivity contribution in [3.05, 3.63) is 94.0 Å². The maximum Gasteiger partial charge on any atom is 0.322 e. The van der Waals surface area contributed by atoms with Crippen LogP contribution in [-0.4, -0.2) is 39.7 Å². The van der Waals surface area contributed by atoms with Crippen LogP contribution < -0.4 is 10.6 Å². The van der Waals surface area contributed by atoms with Crippen LogP contribution >= 0.6 is 23.2 Å². The Labute approximate surface area is 226 Å². The summed E-state index contributed by atoms with van der Waals surface area (Å²) in [6.07, 6.45) is 0. The number of carbonyl (C=O) groups excluding carboxylic acids is 2. The van der Waals surface area contributed by atoms with Gasteiger partial charge in [0.15, 0.2) is 0 Å². The molecule has 4 aromatic rings. The number of aryl methyl sites for hydroxylation is 2. The molecule has 0 atom stereocenters. The molecule has 3 aromatic carbocycles. The molecule has 9 heteroatoms. The highest BCUT2D eigenvalue weighted by Gasteiger charge is 2.19. The van der Waals surface area contributed by atoms with Gasteiger partial charge in [0.1, 0.15) is 12.4 Å². The van der Waals surface area contributed by atoms with Crippen molar-refractivity contribution < 1.29 is 9.59 Å². The van der Waals surface area contributed by atoms with Crippen LogP contribution in [0, 0.1) is 13.8 Å². The van der Waals surface area contributed by atoms with Gasteiger partial charge >= 0.3 is 6.03 Å². The summed E-state index contributed by atoms with van der Waals surface area (Å²) in [6, 6.07) is 21.9. The van der Waals surface area contributed by atoms with Crippen LogP contribution in [0.2, 0.25) is 10.0 Å². The van der Waals surface area contributed by atoms with Crippen LogP contribution in [-0.2, 0) is 4.79 Å². The third kappa shape index (κ3) is 6.31. The van der Waals surface area contributed by atoms with Gasteiger partial charge in [-0.2, -0.15) is 5.10 Å². The molecule has 0 aliphatic rings. The molecule has 0 unspecified atom stereocenters. The van der Waals surface area contributed by atoms with Crippen molar-refractivity contribution in [3.63, 3.8) is 0 Å². The Morgan fingerprint density at radius 1 is 0.919 bits per heavy atom. The average Bonchev–Trinajstić information content (AvgIpc) is 3.30. The van der Waals surface area contributed by atoms with E-state index in [-0.39, 0.29) is 18.5 Å². The van der Waals surface area contributed by atoms with Gasteiger partial charge in [-0.05, 0) is 50.6 Å². The molecule has 190 valence electrons. The van der Waals surface area contributed by atoms with E-state index in [0.29, 0.717) is 39.5 Å².